The molecule has 0 bridgehead atoms. The predicted molar refractivity (Wildman–Crippen MR) is 51.0 cm³/mol. The summed E-state index contributed by atoms with van der Waals surface area (Å²) in [6.45, 7) is 0. The zero-order chi connectivity index (χ0) is 8.97. The van der Waals surface area contributed by atoms with Crippen LogP contribution in [0.25, 0.3) is 0 Å². The zero-order valence-corrected chi connectivity index (χ0v) is 7.09. The number of rotatable bonds is 3. The van der Waals surface area contributed by atoms with Gasteiger partial charge in [0, 0.05) is 19.8 Å². The summed E-state index contributed by atoms with van der Waals surface area (Å²) < 4.78 is 0. The Bertz CT molecular complexity index is 286. The molecule has 0 saturated heterocycles. The Balaban J connectivity index is 3.10. The summed E-state index contributed by atoms with van der Waals surface area (Å²) in [7, 11) is 3.58. The molecule has 0 heterocycles. The minimum atomic E-state index is 0.427. The van der Waals surface area contributed by atoms with Crippen LogP contribution >= 0.6 is 0 Å². The Hall–Kier alpha value is -1.58. The fourth-order valence-electron chi connectivity index (χ4n) is 0.971. The fourth-order valence-corrected chi connectivity index (χ4v) is 0.971. The molecule has 64 valence electrons. The summed E-state index contributed by atoms with van der Waals surface area (Å²) in [5.41, 5.74) is 2.11. The van der Waals surface area contributed by atoms with Crippen molar-refractivity contribution in [3.63, 3.8) is 0 Å². The molecule has 0 unspecified atom stereocenters. The highest BCUT2D eigenvalue weighted by atomic mass is 16.3. The Morgan fingerprint density at radius 1 is 1.25 bits per heavy atom. The van der Waals surface area contributed by atoms with Gasteiger partial charge in [-0.1, -0.05) is 0 Å². The average molecular weight is 165 g/mol. The van der Waals surface area contributed by atoms with Gasteiger partial charge in [-0.15, -0.1) is 4.91 Å². The molecule has 0 aliphatic rings. The summed E-state index contributed by atoms with van der Waals surface area (Å²) in [6.07, 6.45) is 0. The fraction of sp³-hybridized carbons (Fsp3) is 0.250. The van der Waals surface area contributed by atoms with E-state index in [1.165, 1.54) is 0 Å². The van der Waals surface area contributed by atoms with Gasteiger partial charge in [0.15, 0.2) is 0 Å². The van der Waals surface area contributed by atoms with Crippen LogP contribution in [0.1, 0.15) is 0 Å². The standard InChI is InChI=1S/C8H11N3O/c1-9-6-3-4-7(11-12)8(5-6)10-2/h3-5,9-10H,1-2H3. The lowest BCUT2D eigenvalue weighted by Gasteiger charge is -2.05. The molecular formula is C8H11N3O. The second-order valence-corrected chi connectivity index (χ2v) is 2.32. The Kier molecular flexibility index (Phi) is 2.63. The Morgan fingerprint density at radius 2 is 2.00 bits per heavy atom. The van der Waals surface area contributed by atoms with Crippen LogP contribution in [-0.2, 0) is 0 Å². The first-order valence-corrected chi connectivity index (χ1v) is 3.64. The first-order chi connectivity index (χ1) is 5.81. The van der Waals surface area contributed by atoms with Gasteiger partial charge in [-0.05, 0) is 23.4 Å². The van der Waals surface area contributed by atoms with Crippen LogP contribution in [0.15, 0.2) is 23.4 Å². The van der Waals surface area contributed by atoms with Crippen LogP contribution in [0, 0.1) is 4.91 Å². The number of nitroso groups, excluding NO2 is 1. The second-order valence-electron chi connectivity index (χ2n) is 2.32. The smallest absolute Gasteiger partial charge is 0.131 e. The molecule has 0 aliphatic carbocycles. The second kappa shape index (κ2) is 3.71. The van der Waals surface area contributed by atoms with Crippen molar-refractivity contribution in [2.75, 3.05) is 24.7 Å². The molecule has 0 spiro atoms. The van der Waals surface area contributed by atoms with E-state index in [1.54, 1.807) is 19.2 Å². The van der Waals surface area contributed by atoms with E-state index in [-0.39, 0.29) is 0 Å². The third-order valence-corrected chi connectivity index (χ3v) is 1.65. The predicted octanol–water partition coefficient (Wildman–Crippen LogP) is 2.17. The number of nitrogens with zero attached hydrogens (tertiary/aromatic N) is 1. The molecule has 1 aromatic rings. The molecule has 0 saturated carbocycles. The number of nitrogens with one attached hydrogen (secondary N) is 2. The Morgan fingerprint density at radius 3 is 2.50 bits per heavy atom. The molecule has 4 nitrogen and oxygen atoms in total. The molecule has 0 aliphatic heterocycles. The monoisotopic (exact) mass is 165 g/mol. The van der Waals surface area contributed by atoms with E-state index < -0.39 is 0 Å². The number of hydrogen-bond acceptors (Lipinski definition) is 4. The molecule has 1 aromatic carbocycles. The molecule has 0 amide bonds. The van der Waals surface area contributed by atoms with Crippen molar-refractivity contribution in [2.45, 2.75) is 0 Å². The summed E-state index contributed by atoms with van der Waals surface area (Å²) in [5.74, 6) is 0. The Labute approximate surface area is 71.0 Å². The highest BCUT2D eigenvalue weighted by molar-refractivity contribution is 5.70. The van der Waals surface area contributed by atoms with Gasteiger partial charge in [-0.3, -0.25) is 0 Å². The van der Waals surface area contributed by atoms with Gasteiger partial charge >= 0.3 is 0 Å². The third kappa shape index (κ3) is 1.53. The number of benzene rings is 1. The highest BCUT2D eigenvalue weighted by Crippen LogP contribution is 2.27. The van der Waals surface area contributed by atoms with Crippen molar-refractivity contribution in [1.82, 2.24) is 0 Å². The molecule has 0 radical (unpaired) electrons. The maximum Gasteiger partial charge on any atom is 0.131 e. The van der Waals surface area contributed by atoms with Crippen molar-refractivity contribution >= 4 is 17.1 Å². The SMILES string of the molecule is CNc1ccc(N=O)c(NC)c1. The minimum absolute atomic E-state index is 0.427. The highest BCUT2D eigenvalue weighted by Gasteiger charge is 2.00. The summed E-state index contributed by atoms with van der Waals surface area (Å²) in [4.78, 5) is 10.3. The van der Waals surface area contributed by atoms with E-state index in [2.05, 4.69) is 15.8 Å². The van der Waals surface area contributed by atoms with Gasteiger partial charge in [0.2, 0.25) is 0 Å². The van der Waals surface area contributed by atoms with E-state index in [4.69, 9.17) is 0 Å². The number of hydrogen-bond donors (Lipinski definition) is 2. The molecule has 12 heavy (non-hydrogen) atoms. The van der Waals surface area contributed by atoms with Crippen LogP contribution in [-0.4, -0.2) is 14.1 Å². The van der Waals surface area contributed by atoms with Crippen molar-refractivity contribution in [3.05, 3.63) is 23.1 Å². The molecular weight excluding hydrogens is 154 g/mol. The van der Waals surface area contributed by atoms with Crippen molar-refractivity contribution in [1.29, 1.82) is 0 Å². The molecule has 1 rings (SSSR count). The topological polar surface area (TPSA) is 53.5 Å². The first-order valence-electron chi connectivity index (χ1n) is 3.64. The van der Waals surface area contributed by atoms with Gasteiger partial charge in [0.1, 0.15) is 5.69 Å². The average Bonchev–Trinajstić information content (AvgIpc) is 2.16. The van der Waals surface area contributed by atoms with E-state index in [0.29, 0.717) is 5.69 Å². The maximum atomic E-state index is 10.3. The van der Waals surface area contributed by atoms with Crippen LogP contribution in [0.4, 0.5) is 17.1 Å². The summed E-state index contributed by atoms with van der Waals surface area (Å²) >= 11 is 0. The number of anilines is 2. The van der Waals surface area contributed by atoms with Gasteiger partial charge in [-0.25, -0.2) is 0 Å². The lowest BCUT2D eigenvalue weighted by atomic mass is 10.2. The van der Waals surface area contributed by atoms with Gasteiger partial charge < -0.3 is 10.6 Å². The van der Waals surface area contributed by atoms with Crippen molar-refractivity contribution < 1.29 is 0 Å². The lowest BCUT2D eigenvalue weighted by Crippen LogP contribution is -1.92. The molecule has 4 heteroatoms. The summed E-state index contributed by atoms with van der Waals surface area (Å²) in [6, 6.07) is 5.30. The largest absolute Gasteiger partial charge is 0.388 e. The van der Waals surface area contributed by atoms with Crippen LogP contribution in [0.5, 0.6) is 0 Å². The quantitative estimate of drug-likeness (QED) is 0.675. The van der Waals surface area contributed by atoms with Crippen LogP contribution in [0.2, 0.25) is 0 Å². The molecule has 0 fully saturated rings. The normalized spacial score (nSPS) is 9.17. The zero-order valence-electron chi connectivity index (χ0n) is 7.09. The first kappa shape index (κ1) is 8.52. The van der Waals surface area contributed by atoms with Crippen LogP contribution < -0.4 is 10.6 Å². The van der Waals surface area contributed by atoms with E-state index in [9.17, 15) is 4.91 Å². The summed E-state index contributed by atoms with van der Waals surface area (Å²) in [5, 5.41) is 8.73. The van der Waals surface area contributed by atoms with Gasteiger partial charge in [0.25, 0.3) is 0 Å². The lowest BCUT2D eigenvalue weighted by molar-refractivity contribution is 1.42. The van der Waals surface area contributed by atoms with Crippen LogP contribution in [0.3, 0.4) is 0 Å². The van der Waals surface area contributed by atoms with Crippen molar-refractivity contribution in [3.8, 4) is 0 Å². The van der Waals surface area contributed by atoms with Gasteiger partial charge in [-0.2, -0.15) is 0 Å². The molecule has 0 aromatic heterocycles. The third-order valence-electron chi connectivity index (χ3n) is 1.65. The molecule has 0 atom stereocenters. The van der Waals surface area contributed by atoms with Crippen molar-refractivity contribution in [2.24, 2.45) is 5.18 Å². The van der Waals surface area contributed by atoms with E-state index in [0.717, 1.165) is 11.4 Å². The van der Waals surface area contributed by atoms with E-state index in [1.807, 2.05) is 13.1 Å². The minimum Gasteiger partial charge on any atom is -0.388 e. The molecule has 2 N–H and O–H groups in total. The van der Waals surface area contributed by atoms with Gasteiger partial charge in [0.05, 0.1) is 5.69 Å². The van der Waals surface area contributed by atoms with E-state index >= 15 is 0 Å². The maximum absolute atomic E-state index is 10.3.